The number of hydrogen-bond acceptors (Lipinski definition) is 2. The minimum absolute atomic E-state index is 0.0231. The molecule has 0 radical (unpaired) electrons. The molecule has 104 valence electrons. The summed E-state index contributed by atoms with van der Waals surface area (Å²) < 4.78 is 5.71. The van der Waals surface area contributed by atoms with Crippen LogP contribution >= 0.6 is 0 Å². The Bertz CT molecular complexity index is 277. The van der Waals surface area contributed by atoms with Crippen molar-refractivity contribution in [2.24, 2.45) is 17.8 Å². The largest absolute Gasteiger partial charge is 0.378 e. The quantitative estimate of drug-likeness (QED) is 0.763. The van der Waals surface area contributed by atoms with E-state index in [4.69, 9.17) is 4.74 Å². The Morgan fingerprint density at radius 3 is 2.72 bits per heavy atom. The van der Waals surface area contributed by atoms with Gasteiger partial charge < -0.3 is 15.4 Å². The minimum Gasteiger partial charge on any atom is -0.378 e. The van der Waals surface area contributed by atoms with Crippen molar-refractivity contribution in [2.45, 2.75) is 45.6 Å². The average Bonchev–Trinajstić information content (AvgIpc) is 3.02. The highest BCUT2D eigenvalue weighted by atomic mass is 16.5. The van der Waals surface area contributed by atoms with Crippen LogP contribution in [0.25, 0.3) is 0 Å². The Morgan fingerprint density at radius 1 is 1.28 bits per heavy atom. The van der Waals surface area contributed by atoms with E-state index in [2.05, 4.69) is 24.5 Å². The minimum atomic E-state index is -0.0231. The number of carbonyl (C=O) groups is 1. The second-order valence-corrected chi connectivity index (χ2v) is 6.00. The van der Waals surface area contributed by atoms with E-state index in [0.29, 0.717) is 17.9 Å². The van der Waals surface area contributed by atoms with E-state index < -0.39 is 0 Å². The Morgan fingerprint density at radius 2 is 2.06 bits per heavy atom. The highest BCUT2D eigenvalue weighted by molar-refractivity contribution is 5.73. The molecule has 4 nitrogen and oxygen atoms in total. The molecule has 4 heteroatoms. The molecule has 0 aromatic heterocycles. The summed E-state index contributed by atoms with van der Waals surface area (Å²) in [6, 6.07) is -0.0231. The predicted molar refractivity (Wildman–Crippen MR) is 71.4 cm³/mol. The summed E-state index contributed by atoms with van der Waals surface area (Å²) >= 11 is 0. The van der Waals surface area contributed by atoms with E-state index in [1.807, 2.05) is 0 Å². The smallest absolute Gasteiger partial charge is 0.314 e. The summed E-state index contributed by atoms with van der Waals surface area (Å²) in [6.07, 6.45) is 5.19. The molecule has 2 rings (SSSR count). The Hall–Kier alpha value is -0.770. The lowest BCUT2D eigenvalue weighted by Crippen LogP contribution is -2.41. The average molecular weight is 254 g/mol. The van der Waals surface area contributed by atoms with Crippen molar-refractivity contribution in [1.82, 2.24) is 10.6 Å². The van der Waals surface area contributed by atoms with Crippen LogP contribution in [0.15, 0.2) is 0 Å². The zero-order valence-corrected chi connectivity index (χ0v) is 11.6. The number of nitrogens with one attached hydrogen (secondary N) is 2. The van der Waals surface area contributed by atoms with Crippen LogP contribution in [0.2, 0.25) is 0 Å². The van der Waals surface area contributed by atoms with Gasteiger partial charge in [-0.2, -0.15) is 0 Å². The first-order valence-electron chi connectivity index (χ1n) is 7.30. The predicted octanol–water partition coefficient (Wildman–Crippen LogP) is 2.15. The van der Waals surface area contributed by atoms with Crippen molar-refractivity contribution >= 4 is 6.03 Å². The number of ether oxygens (including phenoxy) is 1. The Labute approximate surface area is 110 Å². The van der Waals surface area contributed by atoms with E-state index >= 15 is 0 Å². The zero-order valence-electron chi connectivity index (χ0n) is 11.6. The molecule has 2 atom stereocenters. The third-order valence-corrected chi connectivity index (χ3v) is 3.98. The van der Waals surface area contributed by atoms with Gasteiger partial charge >= 0.3 is 6.03 Å². The van der Waals surface area contributed by atoms with Crippen molar-refractivity contribution in [3.63, 3.8) is 0 Å². The second-order valence-electron chi connectivity index (χ2n) is 6.00. The number of amides is 2. The monoisotopic (exact) mass is 254 g/mol. The van der Waals surface area contributed by atoms with Gasteiger partial charge in [0.25, 0.3) is 0 Å². The lowest BCUT2D eigenvalue weighted by molar-refractivity contribution is 0.0545. The van der Waals surface area contributed by atoms with Gasteiger partial charge in [0, 0.05) is 25.6 Å². The van der Waals surface area contributed by atoms with Crippen LogP contribution in [0.4, 0.5) is 4.79 Å². The molecule has 0 aromatic rings. The van der Waals surface area contributed by atoms with Crippen molar-refractivity contribution in [3.8, 4) is 0 Å². The summed E-state index contributed by atoms with van der Waals surface area (Å²) in [5.74, 6) is 1.87. The third kappa shape index (κ3) is 4.16. The molecule has 0 unspecified atom stereocenters. The summed E-state index contributed by atoms with van der Waals surface area (Å²) in [4.78, 5) is 11.6. The van der Waals surface area contributed by atoms with Crippen LogP contribution in [0.5, 0.6) is 0 Å². The molecule has 0 aromatic carbocycles. The molecule has 2 amide bonds. The maximum atomic E-state index is 11.6. The zero-order chi connectivity index (χ0) is 13.0. The first-order chi connectivity index (χ1) is 8.66. The van der Waals surface area contributed by atoms with E-state index in [9.17, 15) is 4.79 Å². The van der Waals surface area contributed by atoms with Gasteiger partial charge in [-0.1, -0.05) is 26.7 Å². The second kappa shape index (κ2) is 6.41. The van der Waals surface area contributed by atoms with Crippen molar-refractivity contribution in [2.75, 3.05) is 19.7 Å². The molecule has 1 saturated heterocycles. The maximum Gasteiger partial charge on any atom is 0.314 e. The first-order valence-corrected chi connectivity index (χ1v) is 7.30. The number of hydrogen-bond donors (Lipinski definition) is 2. The van der Waals surface area contributed by atoms with E-state index in [-0.39, 0.29) is 6.03 Å². The van der Waals surface area contributed by atoms with Gasteiger partial charge in [-0.3, -0.25) is 0 Å². The lowest BCUT2D eigenvalue weighted by Gasteiger charge is -2.22. The van der Waals surface area contributed by atoms with Crippen LogP contribution < -0.4 is 10.6 Å². The van der Waals surface area contributed by atoms with Gasteiger partial charge in [-0.25, -0.2) is 4.79 Å². The standard InChI is InChI=1S/C14H26N2O2/c1-10(2)13-12(6-8-18-13)9-16-14(17)15-7-5-11-3-4-11/h10-13H,3-9H2,1-2H3,(H2,15,16,17)/t12-,13+/m1/s1. The molecule has 2 N–H and O–H groups in total. The fourth-order valence-corrected chi connectivity index (χ4v) is 2.69. The van der Waals surface area contributed by atoms with Gasteiger partial charge in [0.2, 0.25) is 0 Å². The lowest BCUT2D eigenvalue weighted by atomic mass is 9.93. The highest BCUT2D eigenvalue weighted by Gasteiger charge is 2.30. The van der Waals surface area contributed by atoms with Crippen molar-refractivity contribution in [3.05, 3.63) is 0 Å². The molecule has 18 heavy (non-hydrogen) atoms. The topological polar surface area (TPSA) is 50.4 Å². The van der Waals surface area contributed by atoms with Gasteiger partial charge in [0.1, 0.15) is 0 Å². The van der Waals surface area contributed by atoms with Crippen LogP contribution in [0, 0.1) is 17.8 Å². The summed E-state index contributed by atoms with van der Waals surface area (Å²) in [7, 11) is 0. The maximum absolute atomic E-state index is 11.6. The van der Waals surface area contributed by atoms with E-state index in [1.165, 1.54) is 12.8 Å². The number of carbonyl (C=O) groups excluding carboxylic acids is 1. The van der Waals surface area contributed by atoms with Crippen LogP contribution in [-0.2, 0) is 4.74 Å². The molecule has 2 fully saturated rings. The van der Waals surface area contributed by atoms with E-state index in [1.54, 1.807) is 0 Å². The highest BCUT2D eigenvalue weighted by Crippen LogP contribution is 2.31. The van der Waals surface area contributed by atoms with Crippen LogP contribution in [0.3, 0.4) is 0 Å². The molecular formula is C14H26N2O2. The van der Waals surface area contributed by atoms with Crippen LogP contribution in [0.1, 0.15) is 39.5 Å². The van der Waals surface area contributed by atoms with Crippen molar-refractivity contribution < 1.29 is 9.53 Å². The van der Waals surface area contributed by atoms with Gasteiger partial charge in [0.05, 0.1) is 6.10 Å². The summed E-state index contributed by atoms with van der Waals surface area (Å²) in [6.45, 7) is 6.74. The van der Waals surface area contributed by atoms with E-state index in [0.717, 1.165) is 38.5 Å². The van der Waals surface area contributed by atoms with Crippen molar-refractivity contribution in [1.29, 1.82) is 0 Å². The fraction of sp³-hybridized carbons (Fsp3) is 0.929. The van der Waals surface area contributed by atoms with Gasteiger partial charge in [-0.15, -0.1) is 0 Å². The molecular weight excluding hydrogens is 228 g/mol. The van der Waals surface area contributed by atoms with Crippen LogP contribution in [-0.4, -0.2) is 31.8 Å². The Balaban J connectivity index is 1.59. The molecule has 0 bridgehead atoms. The van der Waals surface area contributed by atoms with Gasteiger partial charge in [-0.05, 0) is 24.7 Å². The third-order valence-electron chi connectivity index (χ3n) is 3.98. The summed E-state index contributed by atoms with van der Waals surface area (Å²) in [5.41, 5.74) is 0. The van der Waals surface area contributed by atoms with Gasteiger partial charge in [0.15, 0.2) is 0 Å². The number of rotatable bonds is 6. The molecule has 1 aliphatic carbocycles. The molecule has 1 heterocycles. The Kier molecular flexibility index (Phi) is 4.87. The molecule has 1 aliphatic heterocycles. The fourth-order valence-electron chi connectivity index (χ4n) is 2.69. The summed E-state index contributed by atoms with van der Waals surface area (Å²) in [5, 5.41) is 5.90. The number of urea groups is 1. The SMILES string of the molecule is CC(C)[C@@H]1OCC[C@@H]1CNC(=O)NCCC1CC1. The first kappa shape index (κ1) is 13.7. The molecule has 1 saturated carbocycles. The normalized spacial score (nSPS) is 27.5. The molecule has 0 spiro atoms. The molecule has 2 aliphatic rings.